The van der Waals surface area contributed by atoms with Crippen molar-refractivity contribution in [2.24, 2.45) is 0 Å². The molecule has 0 atom stereocenters. The molecule has 7 nitrogen and oxygen atoms in total. The molecule has 0 saturated heterocycles. The van der Waals surface area contributed by atoms with Gasteiger partial charge in [0.2, 0.25) is 5.95 Å². The van der Waals surface area contributed by atoms with Crippen LogP contribution in [-0.4, -0.2) is 33.2 Å². The van der Waals surface area contributed by atoms with Gasteiger partial charge >= 0.3 is 0 Å². The second-order valence-electron chi connectivity index (χ2n) is 19.6. The fraction of sp³-hybridized carbons (Fsp3) is 0. The van der Waals surface area contributed by atoms with Crippen molar-refractivity contribution in [2.45, 2.75) is 0 Å². The van der Waals surface area contributed by atoms with E-state index in [1.54, 1.807) is 0 Å². The van der Waals surface area contributed by atoms with Gasteiger partial charge in [0.1, 0.15) is 0 Å². The van der Waals surface area contributed by atoms with Gasteiger partial charge < -0.3 is 13.7 Å². The van der Waals surface area contributed by atoms with Gasteiger partial charge in [-0.25, -0.2) is 4.98 Å². The SMILES string of the molecule is c1ccc(-c2nc(-c3cccc(-n4c5ccccc5c5cc6c(cc54)c4ccccc4n6-c4ccccc4)c3)nc(-n3c4ccccc4c4cc(-c5ccc6c(c5)c5ccccc5n6-c5ccccc5)ccc43)n2)cc1. The average molecular weight is 970 g/mol. The van der Waals surface area contributed by atoms with Crippen LogP contribution in [0.25, 0.3) is 144 Å². The zero-order chi connectivity index (χ0) is 49.8. The quantitative estimate of drug-likeness (QED) is 0.160. The Hall–Kier alpha value is -10.4. The lowest BCUT2D eigenvalue weighted by molar-refractivity contribution is 0.953. The first-order valence-electron chi connectivity index (χ1n) is 25.8. The van der Waals surface area contributed by atoms with Gasteiger partial charge in [-0.2, -0.15) is 9.97 Å². The molecular formula is C69H43N7. The first-order chi connectivity index (χ1) is 37.7. The molecule has 0 unspecified atom stereocenters. The molecule has 0 radical (unpaired) electrons. The molecule has 0 spiro atoms. The Labute approximate surface area is 436 Å². The molecule has 7 heteroatoms. The number of hydrogen-bond donors (Lipinski definition) is 0. The molecule has 16 aromatic rings. The number of fused-ring (bicyclic) bond motifs is 12. The van der Waals surface area contributed by atoms with Gasteiger partial charge in [-0.05, 0) is 108 Å². The first-order valence-corrected chi connectivity index (χ1v) is 25.8. The van der Waals surface area contributed by atoms with E-state index in [0.29, 0.717) is 17.6 Å². The average Bonchev–Trinajstić information content (AvgIpc) is 4.31. The van der Waals surface area contributed by atoms with Crippen molar-refractivity contribution in [3.63, 3.8) is 0 Å². The smallest absolute Gasteiger partial charge is 0.238 e. The highest BCUT2D eigenvalue weighted by molar-refractivity contribution is 6.19. The van der Waals surface area contributed by atoms with Crippen LogP contribution in [0.1, 0.15) is 0 Å². The lowest BCUT2D eigenvalue weighted by Gasteiger charge is -2.13. The van der Waals surface area contributed by atoms with E-state index < -0.39 is 0 Å². The van der Waals surface area contributed by atoms with Gasteiger partial charge in [0.15, 0.2) is 11.6 Å². The van der Waals surface area contributed by atoms with Gasteiger partial charge in [0, 0.05) is 71.3 Å². The standard InChI is InChI=1S/C69H43N7/c1-4-19-44(20-5-1)67-70-68(47-21-18-26-50(39-47)75-61-33-16-12-30-54(61)58-42-65-57(43-66(58)75)53-29-11-15-32-60(53)74(65)49-24-8-3-9-25-49)72-69(71-67)76-62-34-17-13-28-52(62)56-41-46(36-38-64(56)76)45-35-37-63-55(40-45)51-27-10-14-31-59(51)73(63)48-22-6-2-7-23-48/h1-43H. The van der Waals surface area contributed by atoms with Crippen LogP contribution in [-0.2, 0) is 0 Å². The summed E-state index contributed by atoms with van der Waals surface area (Å²) >= 11 is 0. The summed E-state index contributed by atoms with van der Waals surface area (Å²) in [5, 5.41) is 9.49. The summed E-state index contributed by atoms with van der Waals surface area (Å²) < 4.78 is 9.35. The summed E-state index contributed by atoms with van der Waals surface area (Å²) in [6.45, 7) is 0. The minimum absolute atomic E-state index is 0.553. The van der Waals surface area contributed by atoms with E-state index in [2.05, 4.69) is 261 Å². The molecule has 11 aromatic carbocycles. The summed E-state index contributed by atoms with van der Waals surface area (Å²) in [6, 6.07) is 93.3. The maximum absolute atomic E-state index is 5.42. The topological polar surface area (TPSA) is 58.4 Å². The van der Waals surface area contributed by atoms with Gasteiger partial charge in [0.25, 0.3) is 0 Å². The molecule has 0 saturated carbocycles. The van der Waals surface area contributed by atoms with Crippen molar-refractivity contribution in [1.82, 2.24) is 33.2 Å². The summed E-state index contributed by atoms with van der Waals surface area (Å²) in [6.07, 6.45) is 0. The third-order valence-electron chi connectivity index (χ3n) is 15.4. The number of aromatic nitrogens is 7. The largest absolute Gasteiger partial charge is 0.309 e. The minimum atomic E-state index is 0.553. The van der Waals surface area contributed by atoms with E-state index in [0.717, 1.165) is 72.2 Å². The molecule has 16 rings (SSSR count). The van der Waals surface area contributed by atoms with Crippen LogP contribution in [0.2, 0.25) is 0 Å². The fourth-order valence-electron chi connectivity index (χ4n) is 12.0. The lowest BCUT2D eigenvalue weighted by Crippen LogP contribution is -2.06. The second kappa shape index (κ2) is 16.6. The molecule has 354 valence electrons. The highest BCUT2D eigenvalue weighted by Gasteiger charge is 2.22. The summed E-state index contributed by atoms with van der Waals surface area (Å²) in [7, 11) is 0. The van der Waals surface area contributed by atoms with Crippen LogP contribution in [0, 0.1) is 0 Å². The van der Waals surface area contributed by atoms with E-state index in [4.69, 9.17) is 15.0 Å². The Kier molecular flexibility index (Phi) is 9.20. The molecule has 0 N–H and O–H groups in total. The van der Waals surface area contributed by atoms with Gasteiger partial charge in [-0.1, -0.05) is 164 Å². The Morgan fingerprint density at radius 1 is 0.197 bits per heavy atom. The molecule has 5 aromatic heterocycles. The van der Waals surface area contributed by atoms with Crippen molar-refractivity contribution in [3.05, 3.63) is 261 Å². The molecule has 0 bridgehead atoms. The van der Waals surface area contributed by atoms with Crippen LogP contribution in [0.4, 0.5) is 0 Å². The minimum Gasteiger partial charge on any atom is -0.309 e. The van der Waals surface area contributed by atoms with Crippen molar-refractivity contribution in [1.29, 1.82) is 0 Å². The van der Waals surface area contributed by atoms with Crippen LogP contribution in [0.15, 0.2) is 261 Å². The zero-order valence-corrected chi connectivity index (χ0v) is 41.0. The van der Waals surface area contributed by atoms with Crippen LogP contribution in [0.3, 0.4) is 0 Å². The number of para-hydroxylation sites is 6. The van der Waals surface area contributed by atoms with Gasteiger partial charge in [-0.3, -0.25) is 4.57 Å². The highest BCUT2D eigenvalue weighted by atomic mass is 15.2. The van der Waals surface area contributed by atoms with Crippen molar-refractivity contribution < 1.29 is 0 Å². The van der Waals surface area contributed by atoms with Gasteiger partial charge in [-0.15, -0.1) is 0 Å². The summed E-state index contributed by atoms with van der Waals surface area (Å²) in [5.41, 5.74) is 16.4. The number of hydrogen-bond acceptors (Lipinski definition) is 3. The molecule has 0 aliphatic carbocycles. The van der Waals surface area contributed by atoms with E-state index >= 15 is 0 Å². The maximum Gasteiger partial charge on any atom is 0.238 e. The molecule has 0 aliphatic heterocycles. The van der Waals surface area contributed by atoms with Crippen molar-refractivity contribution in [2.75, 3.05) is 0 Å². The zero-order valence-electron chi connectivity index (χ0n) is 41.0. The number of nitrogens with zero attached hydrogens (tertiary/aromatic N) is 7. The lowest BCUT2D eigenvalue weighted by atomic mass is 10.0. The Morgan fingerprint density at radius 2 is 0.553 bits per heavy atom. The summed E-state index contributed by atoms with van der Waals surface area (Å²) in [4.78, 5) is 16.0. The van der Waals surface area contributed by atoms with E-state index in [9.17, 15) is 0 Å². The van der Waals surface area contributed by atoms with Crippen LogP contribution >= 0.6 is 0 Å². The third kappa shape index (κ3) is 6.39. The van der Waals surface area contributed by atoms with E-state index in [1.165, 1.54) is 54.4 Å². The predicted molar refractivity (Wildman–Crippen MR) is 313 cm³/mol. The molecule has 76 heavy (non-hydrogen) atoms. The maximum atomic E-state index is 5.42. The van der Waals surface area contributed by atoms with E-state index in [-0.39, 0.29) is 0 Å². The van der Waals surface area contributed by atoms with Crippen LogP contribution < -0.4 is 0 Å². The third-order valence-corrected chi connectivity index (χ3v) is 15.4. The van der Waals surface area contributed by atoms with Gasteiger partial charge in [0.05, 0.1) is 44.1 Å². The van der Waals surface area contributed by atoms with E-state index in [1.807, 2.05) is 18.2 Å². The molecular weight excluding hydrogens is 927 g/mol. The predicted octanol–water partition coefficient (Wildman–Crippen LogP) is 17.3. The first kappa shape index (κ1) is 42.2. The summed E-state index contributed by atoms with van der Waals surface area (Å²) in [5.74, 6) is 1.74. The van der Waals surface area contributed by atoms with Crippen molar-refractivity contribution >= 4 is 87.2 Å². The normalized spacial score (nSPS) is 11.9. The molecule has 5 heterocycles. The fourth-order valence-corrected chi connectivity index (χ4v) is 12.0. The Morgan fingerprint density at radius 3 is 1.07 bits per heavy atom. The molecule has 0 aliphatic rings. The number of benzene rings is 11. The monoisotopic (exact) mass is 969 g/mol. The van der Waals surface area contributed by atoms with Crippen LogP contribution in [0.5, 0.6) is 0 Å². The highest BCUT2D eigenvalue weighted by Crippen LogP contribution is 2.42. The molecule has 0 amide bonds. The number of rotatable bonds is 7. The molecule has 0 fully saturated rings. The van der Waals surface area contributed by atoms with Crippen molar-refractivity contribution in [3.8, 4) is 56.9 Å². The Bertz CT molecular complexity index is 4980. The Balaban J connectivity index is 0.864. The second-order valence-corrected chi connectivity index (χ2v) is 19.6.